The molecule has 0 radical (unpaired) electrons. The molecule has 3 rings (SSSR count). The lowest BCUT2D eigenvalue weighted by atomic mass is 10.1. The lowest BCUT2D eigenvalue weighted by molar-refractivity contribution is -0.384. The maximum atomic E-state index is 12.4. The molecule has 9 nitrogen and oxygen atoms in total. The topological polar surface area (TPSA) is 116 Å². The van der Waals surface area contributed by atoms with E-state index in [4.69, 9.17) is 9.47 Å². The van der Waals surface area contributed by atoms with Crippen molar-refractivity contribution >= 4 is 34.9 Å². The van der Waals surface area contributed by atoms with Gasteiger partial charge in [0, 0.05) is 30.1 Å². The first kappa shape index (κ1) is 20.5. The number of rotatable bonds is 6. The van der Waals surface area contributed by atoms with E-state index in [1.807, 2.05) is 11.4 Å². The van der Waals surface area contributed by atoms with Crippen molar-refractivity contribution in [2.24, 2.45) is 0 Å². The van der Waals surface area contributed by atoms with E-state index in [1.165, 1.54) is 4.88 Å². The van der Waals surface area contributed by atoms with Crippen molar-refractivity contribution in [1.29, 1.82) is 0 Å². The first-order valence-electron chi connectivity index (χ1n) is 8.85. The summed E-state index contributed by atoms with van der Waals surface area (Å²) >= 11 is 1.65. The van der Waals surface area contributed by atoms with E-state index in [1.54, 1.807) is 23.2 Å². The Bertz CT molecular complexity index is 969. The van der Waals surface area contributed by atoms with Crippen LogP contribution in [0, 0.1) is 10.1 Å². The van der Waals surface area contributed by atoms with Gasteiger partial charge in [0.1, 0.15) is 0 Å². The van der Waals surface area contributed by atoms with Gasteiger partial charge in [-0.15, -0.1) is 11.3 Å². The Morgan fingerprint density at radius 3 is 2.52 bits per heavy atom. The summed E-state index contributed by atoms with van der Waals surface area (Å²) in [6.07, 6.45) is 0.750. The third-order valence-electron chi connectivity index (χ3n) is 4.36. The molecule has 1 amide bonds. The Morgan fingerprint density at radius 2 is 1.86 bits per heavy atom. The fraction of sp³-hybridized carbons (Fsp3) is 0.316. The number of ether oxygens (including phenoxy) is 2. The second-order valence-electron chi connectivity index (χ2n) is 6.26. The fourth-order valence-electron chi connectivity index (χ4n) is 2.93. The van der Waals surface area contributed by atoms with E-state index in [9.17, 15) is 24.5 Å². The molecule has 1 aliphatic heterocycles. The minimum atomic E-state index is -0.930. The normalized spacial score (nSPS) is 12.8. The molecule has 0 saturated heterocycles. The second kappa shape index (κ2) is 8.82. The van der Waals surface area contributed by atoms with Gasteiger partial charge in [0.2, 0.25) is 0 Å². The van der Waals surface area contributed by atoms with Crippen molar-refractivity contribution in [2.75, 3.05) is 19.8 Å². The summed E-state index contributed by atoms with van der Waals surface area (Å²) in [6, 6.07) is 5.13. The van der Waals surface area contributed by atoms with Crippen molar-refractivity contribution in [3.8, 4) is 0 Å². The maximum absolute atomic E-state index is 12.4. The molecule has 0 N–H and O–H groups in total. The van der Waals surface area contributed by atoms with Gasteiger partial charge >= 0.3 is 11.9 Å². The molecule has 10 heteroatoms. The number of benzene rings is 1. The van der Waals surface area contributed by atoms with Gasteiger partial charge in [0.05, 0.1) is 22.7 Å². The van der Waals surface area contributed by atoms with E-state index in [0.717, 1.165) is 30.2 Å². The summed E-state index contributed by atoms with van der Waals surface area (Å²) in [5, 5.41) is 13.1. The SMILES string of the molecule is CCOC(=O)c1cc(C(=O)OCC(=O)N2CCc3sccc3C2)cc([N+](=O)[O-])c1. The van der Waals surface area contributed by atoms with Gasteiger partial charge in [-0.3, -0.25) is 14.9 Å². The maximum Gasteiger partial charge on any atom is 0.338 e. The average Bonchev–Trinajstić information content (AvgIpc) is 3.19. The van der Waals surface area contributed by atoms with Crippen LogP contribution in [0.25, 0.3) is 0 Å². The average molecular weight is 418 g/mol. The van der Waals surface area contributed by atoms with Crippen molar-refractivity contribution in [3.63, 3.8) is 0 Å². The van der Waals surface area contributed by atoms with Crippen LogP contribution in [-0.2, 0) is 27.2 Å². The molecular weight excluding hydrogens is 400 g/mol. The Labute approximate surface area is 170 Å². The van der Waals surface area contributed by atoms with Crippen LogP contribution in [-0.4, -0.2) is 47.4 Å². The van der Waals surface area contributed by atoms with Crippen LogP contribution < -0.4 is 0 Å². The predicted octanol–water partition coefficient (Wildman–Crippen LogP) is 2.57. The van der Waals surface area contributed by atoms with Gasteiger partial charge in [-0.1, -0.05) is 0 Å². The molecule has 1 aromatic carbocycles. The number of thiophene rings is 1. The monoisotopic (exact) mass is 418 g/mol. The van der Waals surface area contributed by atoms with Crippen LogP contribution in [0.1, 0.15) is 38.1 Å². The summed E-state index contributed by atoms with van der Waals surface area (Å²) in [7, 11) is 0. The number of nitro groups is 1. The zero-order valence-corrected chi connectivity index (χ0v) is 16.4. The van der Waals surface area contributed by atoms with E-state index in [2.05, 4.69) is 0 Å². The molecule has 0 unspecified atom stereocenters. The summed E-state index contributed by atoms with van der Waals surface area (Å²) < 4.78 is 9.86. The first-order valence-corrected chi connectivity index (χ1v) is 9.73. The standard InChI is InChI=1S/C19H18N2O7S/c1-2-27-18(23)13-7-14(9-15(8-13)21(25)26)19(24)28-11-17(22)20-5-3-16-12(10-20)4-6-29-16/h4,6-9H,2-3,5,10-11H2,1H3. The summed E-state index contributed by atoms with van der Waals surface area (Å²) in [4.78, 5) is 49.8. The molecule has 2 aromatic rings. The van der Waals surface area contributed by atoms with Crippen LogP contribution in [0.5, 0.6) is 0 Å². The van der Waals surface area contributed by atoms with Gasteiger partial charge in [-0.2, -0.15) is 0 Å². The summed E-state index contributed by atoms with van der Waals surface area (Å²) in [5.74, 6) is -2.08. The number of amides is 1. The molecule has 29 heavy (non-hydrogen) atoms. The van der Waals surface area contributed by atoms with Gasteiger partial charge in [0.25, 0.3) is 11.6 Å². The molecule has 1 aliphatic rings. The number of esters is 2. The highest BCUT2D eigenvalue weighted by atomic mass is 32.1. The minimum absolute atomic E-state index is 0.0808. The van der Waals surface area contributed by atoms with Gasteiger partial charge in [-0.25, -0.2) is 9.59 Å². The van der Waals surface area contributed by atoms with Crippen LogP contribution in [0.15, 0.2) is 29.6 Å². The number of carbonyl (C=O) groups excluding carboxylic acids is 3. The Balaban J connectivity index is 1.67. The van der Waals surface area contributed by atoms with Gasteiger partial charge < -0.3 is 14.4 Å². The molecule has 0 aliphatic carbocycles. The third-order valence-corrected chi connectivity index (χ3v) is 5.39. The summed E-state index contributed by atoms with van der Waals surface area (Å²) in [5.41, 5.74) is 0.294. The Kier molecular flexibility index (Phi) is 6.23. The lowest BCUT2D eigenvalue weighted by Crippen LogP contribution is -2.38. The number of non-ortho nitro benzene ring substituents is 1. The van der Waals surface area contributed by atoms with E-state index in [0.29, 0.717) is 13.1 Å². The highest BCUT2D eigenvalue weighted by Gasteiger charge is 2.24. The van der Waals surface area contributed by atoms with Crippen LogP contribution in [0.3, 0.4) is 0 Å². The second-order valence-corrected chi connectivity index (χ2v) is 7.26. The quantitative estimate of drug-likeness (QED) is 0.402. The van der Waals surface area contributed by atoms with Crippen molar-refractivity contribution in [3.05, 3.63) is 61.3 Å². The molecule has 0 fully saturated rings. The molecule has 0 spiro atoms. The third kappa shape index (κ3) is 4.77. The zero-order chi connectivity index (χ0) is 21.0. The molecule has 2 heterocycles. The van der Waals surface area contributed by atoms with Crippen LogP contribution >= 0.6 is 11.3 Å². The fourth-order valence-corrected chi connectivity index (χ4v) is 3.82. The zero-order valence-electron chi connectivity index (χ0n) is 15.6. The van der Waals surface area contributed by atoms with Crippen molar-refractivity contribution < 1.29 is 28.8 Å². The number of nitro benzene ring substituents is 1. The number of carbonyl (C=O) groups is 3. The highest BCUT2D eigenvalue weighted by Crippen LogP contribution is 2.24. The minimum Gasteiger partial charge on any atom is -0.462 e. The van der Waals surface area contributed by atoms with E-state index in [-0.39, 0.29) is 23.6 Å². The molecule has 1 aromatic heterocycles. The Hall–Kier alpha value is -3.27. The molecule has 152 valence electrons. The molecule has 0 atom stereocenters. The molecule has 0 bridgehead atoms. The highest BCUT2D eigenvalue weighted by molar-refractivity contribution is 7.10. The number of hydrogen-bond acceptors (Lipinski definition) is 8. The van der Waals surface area contributed by atoms with Gasteiger partial charge in [0.15, 0.2) is 6.61 Å². The predicted molar refractivity (Wildman–Crippen MR) is 103 cm³/mol. The molecular formula is C19H18N2O7S. The first-order chi connectivity index (χ1) is 13.9. The van der Waals surface area contributed by atoms with Crippen molar-refractivity contribution in [1.82, 2.24) is 4.90 Å². The van der Waals surface area contributed by atoms with E-state index < -0.39 is 29.2 Å². The number of hydrogen-bond donors (Lipinski definition) is 0. The van der Waals surface area contributed by atoms with Crippen LogP contribution in [0.2, 0.25) is 0 Å². The summed E-state index contributed by atoms with van der Waals surface area (Å²) in [6.45, 7) is 2.18. The largest absolute Gasteiger partial charge is 0.462 e. The number of nitrogens with zero attached hydrogens (tertiary/aromatic N) is 2. The smallest absolute Gasteiger partial charge is 0.338 e. The number of fused-ring (bicyclic) bond motifs is 1. The lowest BCUT2D eigenvalue weighted by Gasteiger charge is -2.26. The van der Waals surface area contributed by atoms with E-state index >= 15 is 0 Å². The van der Waals surface area contributed by atoms with Crippen LogP contribution in [0.4, 0.5) is 5.69 Å². The molecule has 0 saturated carbocycles. The van der Waals surface area contributed by atoms with Gasteiger partial charge in [-0.05, 0) is 36.4 Å². The van der Waals surface area contributed by atoms with Crippen molar-refractivity contribution in [2.45, 2.75) is 19.9 Å². The Morgan fingerprint density at radius 1 is 1.17 bits per heavy atom.